The molecule has 0 amide bonds. The molecule has 0 aromatic heterocycles. The van der Waals surface area contributed by atoms with Crippen LogP contribution in [0, 0.1) is 12.8 Å². The summed E-state index contributed by atoms with van der Waals surface area (Å²) in [6.07, 6.45) is 0.591. The van der Waals surface area contributed by atoms with Gasteiger partial charge in [0.15, 0.2) is 0 Å². The summed E-state index contributed by atoms with van der Waals surface area (Å²) >= 11 is 0. The lowest BCUT2D eigenvalue weighted by Crippen LogP contribution is -2.15. The van der Waals surface area contributed by atoms with Gasteiger partial charge < -0.3 is 4.74 Å². The van der Waals surface area contributed by atoms with Crippen molar-refractivity contribution in [1.82, 2.24) is 0 Å². The molecule has 96 valence electrons. The zero-order valence-corrected chi connectivity index (χ0v) is 10.9. The van der Waals surface area contributed by atoms with Crippen LogP contribution in [0.4, 0.5) is 0 Å². The number of benzene rings is 1. The molecule has 1 aromatic carbocycles. The van der Waals surface area contributed by atoms with Gasteiger partial charge in [-0.15, -0.1) is 0 Å². The first-order valence-electron chi connectivity index (χ1n) is 5.51. The number of ether oxygens (including phenoxy) is 1. The van der Waals surface area contributed by atoms with E-state index in [4.69, 9.17) is 9.29 Å². The van der Waals surface area contributed by atoms with Gasteiger partial charge in [0.05, 0.1) is 12.4 Å². The second-order valence-electron chi connectivity index (χ2n) is 4.30. The van der Waals surface area contributed by atoms with Crippen LogP contribution in [-0.4, -0.2) is 25.3 Å². The lowest BCUT2D eigenvalue weighted by Gasteiger charge is -2.10. The van der Waals surface area contributed by atoms with E-state index in [1.165, 1.54) is 0 Å². The molecule has 1 aromatic rings. The van der Waals surface area contributed by atoms with Crippen molar-refractivity contribution < 1.29 is 17.7 Å². The van der Waals surface area contributed by atoms with Crippen molar-refractivity contribution >= 4 is 10.1 Å². The number of hydrogen-bond donors (Lipinski definition) is 1. The summed E-state index contributed by atoms with van der Waals surface area (Å²) in [5, 5.41) is 0. The fourth-order valence-corrected chi connectivity index (χ4v) is 2.34. The minimum atomic E-state index is -3.88. The monoisotopic (exact) mass is 258 g/mol. The molecule has 1 atom stereocenters. The van der Waals surface area contributed by atoms with Crippen LogP contribution in [0.2, 0.25) is 0 Å². The Kier molecular flexibility index (Phi) is 4.96. The Morgan fingerprint density at radius 1 is 1.29 bits per heavy atom. The lowest BCUT2D eigenvalue weighted by atomic mass is 10.1. The van der Waals surface area contributed by atoms with Gasteiger partial charge in [-0.3, -0.25) is 4.55 Å². The van der Waals surface area contributed by atoms with Gasteiger partial charge >= 0.3 is 0 Å². The van der Waals surface area contributed by atoms with Crippen LogP contribution in [0.5, 0.6) is 5.75 Å². The van der Waals surface area contributed by atoms with E-state index in [-0.39, 0.29) is 11.7 Å². The maximum atomic E-state index is 10.6. The molecule has 4 nitrogen and oxygen atoms in total. The highest BCUT2D eigenvalue weighted by Gasteiger charge is 2.12. The van der Waals surface area contributed by atoms with Crippen LogP contribution >= 0.6 is 0 Å². The average molecular weight is 258 g/mol. The first kappa shape index (κ1) is 14.0. The van der Waals surface area contributed by atoms with Crippen molar-refractivity contribution in [2.45, 2.75) is 20.3 Å². The number of aryl methyl sites for hydroxylation is 1. The summed E-state index contributed by atoms with van der Waals surface area (Å²) in [6.45, 7) is 4.21. The van der Waals surface area contributed by atoms with Crippen LogP contribution < -0.4 is 4.74 Å². The van der Waals surface area contributed by atoms with E-state index in [0.29, 0.717) is 13.0 Å². The highest BCUT2D eigenvalue weighted by Crippen LogP contribution is 2.13. The standard InChI is InChI=1S/C12H18O4S/c1-10-3-5-12(6-4-10)16-8-7-11(2)9-17(13,14)15/h3-6,11H,7-9H2,1-2H3,(H,13,14,15). The summed E-state index contributed by atoms with van der Waals surface area (Å²) in [4.78, 5) is 0. The molecule has 1 N–H and O–H groups in total. The van der Waals surface area contributed by atoms with Gasteiger partial charge in [0, 0.05) is 0 Å². The first-order chi connectivity index (χ1) is 7.87. The van der Waals surface area contributed by atoms with E-state index < -0.39 is 10.1 Å². The molecular weight excluding hydrogens is 240 g/mol. The zero-order valence-electron chi connectivity index (χ0n) is 10.1. The summed E-state index contributed by atoms with van der Waals surface area (Å²) in [6, 6.07) is 7.67. The van der Waals surface area contributed by atoms with Crippen LogP contribution in [0.25, 0.3) is 0 Å². The quantitative estimate of drug-likeness (QED) is 0.795. The molecule has 0 aliphatic heterocycles. The van der Waals surface area contributed by atoms with Gasteiger partial charge in [0.2, 0.25) is 0 Å². The predicted molar refractivity (Wildman–Crippen MR) is 66.9 cm³/mol. The first-order valence-corrected chi connectivity index (χ1v) is 7.12. The van der Waals surface area contributed by atoms with Gasteiger partial charge in [-0.2, -0.15) is 8.42 Å². The SMILES string of the molecule is Cc1ccc(OCCC(C)CS(=O)(=O)O)cc1. The Labute approximate surface area is 102 Å². The second-order valence-corrected chi connectivity index (χ2v) is 5.80. The molecule has 0 heterocycles. The van der Waals surface area contributed by atoms with Crippen molar-refractivity contribution in [2.75, 3.05) is 12.4 Å². The Balaban J connectivity index is 2.30. The minimum absolute atomic E-state index is 0.115. The van der Waals surface area contributed by atoms with E-state index in [0.717, 1.165) is 11.3 Å². The summed E-state index contributed by atoms with van der Waals surface area (Å²) in [7, 11) is -3.88. The van der Waals surface area contributed by atoms with Crippen molar-refractivity contribution in [3.8, 4) is 5.75 Å². The Bertz CT molecular complexity index is 436. The predicted octanol–water partition coefficient (Wildman–Crippen LogP) is 2.29. The Hall–Kier alpha value is -1.07. The molecule has 1 unspecified atom stereocenters. The Morgan fingerprint density at radius 2 is 1.88 bits per heavy atom. The smallest absolute Gasteiger partial charge is 0.265 e. The molecule has 0 aliphatic rings. The number of hydrogen-bond acceptors (Lipinski definition) is 3. The molecular formula is C12H18O4S. The summed E-state index contributed by atoms with van der Waals surface area (Å²) < 4.78 is 35.4. The van der Waals surface area contributed by atoms with E-state index in [9.17, 15) is 8.42 Å². The largest absolute Gasteiger partial charge is 0.494 e. The maximum absolute atomic E-state index is 10.6. The molecule has 17 heavy (non-hydrogen) atoms. The Morgan fingerprint density at radius 3 is 2.41 bits per heavy atom. The third kappa shape index (κ3) is 6.28. The van der Waals surface area contributed by atoms with E-state index in [1.807, 2.05) is 31.2 Å². The van der Waals surface area contributed by atoms with E-state index in [1.54, 1.807) is 6.92 Å². The summed E-state index contributed by atoms with van der Waals surface area (Å²) in [5.74, 6) is 0.440. The van der Waals surface area contributed by atoms with Gasteiger partial charge in [-0.05, 0) is 31.4 Å². The molecule has 0 radical (unpaired) electrons. The highest BCUT2D eigenvalue weighted by atomic mass is 32.2. The molecule has 0 fully saturated rings. The molecule has 5 heteroatoms. The van der Waals surface area contributed by atoms with Crippen LogP contribution in [0.1, 0.15) is 18.9 Å². The maximum Gasteiger partial charge on any atom is 0.265 e. The molecule has 0 saturated heterocycles. The molecule has 0 saturated carbocycles. The minimum Gasteiger partial charge on any atom is -0.494 e. The number of rotatable bonds is 6. The van der Waals surface area contributed by atoms with E-state index >= 15 is 0 Å². The molecule has 0 bridgehead atoms. The van der Waals surface area contributed by atoms with Crippen molar-refractivity contribution in [3.63, 3.8) is 0 Å². The highest BCUT2D eigenvalue weighted by molar-refractivity contribution is 7.85. The third-order valence-electron chi connectivity index (χ3n) is 2.40. The van der Waals surface area contributed by atoms with E-state index in [2.05, 4.69) is 0 Å². The second kappa shape index (κ2) is 6.02. The summed E-state index contributed by atoms with van der Waals surface area (Å²) in [5.41, 5.74) is 1.16. The van der Waals surface area contributed by atoms with Crippen molar-refractivity contribution in [1.29, 1.82) is 0 Å². The molecule has 0 aliphatic carbocycles. The van der Waals surface area contributed by atoms with Gasteiger partial charge in [-0.1, -0.05) is 24.6 Å². The topological polar surface area (TPSA) is 63.6 Å². The fourth-order valence-electron chi connectivity index (χ4n) is 1.46. The molecule has 0 spiro atoms. The van der Waals surface area contributed by atoms with Gasteiger partial charge in [-0.25, -0.2) is 0 Å². The normalized spacial score (nSPS) is 13.4. The van der Waals surface area contributed by atoms with Crippen LogP contribution in [0.3, 0.4) is 0 Å². The van der Waals surface area contributed by atoms with Gasteiger partial charge in [0.25, 0.3) is 10.1 Å². The zero-order chi connectivity index (χ0) is 12.9. The van der Waals surface area contributed by atoms with Crippen molar-refractivity contribution in [2.24, 2.45) is 5.92 Å². The fraction of sp³-hybridized carbons (Fsp3) is 0.500. The molecule has 1 rings (SSSR count). The van der Waals surface area contributed by atoms with Gasteiger partial charge in [0.1, 0.15) is 5.75 Å². The lowest BCUT2D eigenvalue weighted by molar-refractivity contribution is 0.289. The third-order valence-corrected chi connectivity index (χ3v) is 3.39. The van der Waals surface area contributed by atoms with Crippen molar-refractivity contribution in [3.05, 3.63) is 29.8 Å². The van der Waals surface area contributed by atoms with Crippen LogP contribution in [0.15, 0.2) is 24.3 Å². The average Bonchev–Trinajstić information content (AvgIpc) is 2.18. The van der Waals surface area contributed by atoms with Crippen LogP contribution in [-0.2, 0) is 10.1 Å².